The van der Waals surface area contributed by atoms with E-state index in [0.29, 0.717) is 18.7 Å². The molecule has 0 spiro atoms. The fourth-order valence-corrected chi connectivity index (χ4v) is 1.54. The lowest BCUT2D eigenvalue weighted by Crippen LogP contribution is -2.15. The van der Waals surface area contributed by atoms with Crippen LogP contribution in [0.5, 0.6) is 0 Å². The quantitative estimate of drug-likeness (QED) is 0.791. The molecule has 0 fully saturated rings. The van der Waals surface area contributed by atoms with Crippen molar-refractivity contribution in [1.82, 2.24) is 9.97 Å². The fraction of sp³-hybridized carbons (Fsp3) is 0.333. The van der Waals surface area contributed by atoms with Gasteiger partial charge in [0.1, 0.15) is 0 Å². The molecule has 2 aromatic rings. The highest BCUT2D eigenvalue weighted by atomic mass is 16.6. The van der Waals surface area contributed by atoms with Gasteiger partial charge in [-0.15, -0.1) is 0 Å². The second-order valence-corrected chi connectivity index (χ2v) is 3.47. The van der Waals surface area contributed by atoms with Gasteiger partial charge in [0.2, 0.25) is 0 Å². The number of ether oxygens (including phenoxy) is 1. The molecule has 0 saturated heterocycles. The van der Waals surface area contributed by atoms with E-state index < -0.39 is 6.29 Å². The Morgan fingerprint density at radius 1 is 1.38 bits per heavy atom. The summed E-state index contributed by atoms with van der Waals surface area (Å²) in [5.41, 5.74) is 1.48. The molecule has 1 atom stereocenters. The van der Waals surface area contributed by atoms with Crippen LogP contribution in [0.15, 0.2) is 30.5 Å². The molecule has 2 heterocycles. The lowest BCUT2D eigenvalue weighted by molar-refractivity contribution is -0.0932. The third-order valence-corrected chi connectivity index (χ3v) is 2.26. The Kier molecular flexibility index (Phi) is 3.44. The first-order valence-corrected chi connectivity index (χ1v) is 5.30. The third-order valence-electron chi connectivity index (χ3n) is 2.26. The maximum absolute atomic E-state index is 9.49. The molecule has 2 rings (SSSR count). The molecule has 1 N–H and O–H groups in total. The van der Waals surface area contributed by atoms with Crippen molar-refractivity contribution in [2.75, 3.05) is 6.61 Å². The Hall–Kier alpha value is -1.52. The minimum absolute atomic E-state index is 0.389. The van der Waals surface area contributed by atoms with Gasteiger partial charge in [-0.2, -0.15) is 0 Å². The molecule has 0 aromatic carbocycles. The van der Waals surface area contributed by atoms with E-state index >= 15 is 0 Å². The van der Waals surface area contributed by atoms with Crippen LogP contribution in [0.1, 0.15) is 12.6 Å². The molecule has 0 aliphatic carbocycles. The van der Waals surface area contributed by atoms with E-state index in [1.165, 1.54) is 0 Å². The zero-order valence-corrected chi connectivity index (χ0v) is 9.13. The second kappa shape index (κ2) is 5.01. The Bertz CT molecular complexity index is 473. The van der Waals surface area contributed by atoms with E-state index in [4.69, 9.17) is 4.74 Å². The maximum atomic E-state index is 9.49. The molecule has 0 bridgehead atoms. The van der Waals surface area contributed by atoms with Crippen LogP contribution in [0.25, 0.3) is 11.0 Å². The SMILES string of the molecule is CCOC(O)Cc1ccc2cccnc2n1. The molecule has 4 heteroatoms. The number of pyridine rings is 2. The smallest absolute Gasteiger partial charge is 0.160 e. The van der Waals surface area contributed by atoms with Crippen LogP contribution in [-0.2, 0) is 11.2 Å². The van der Waals surface area contributed by atoms with Crippen LogP contribution in [0.3, 0.4) is 0 Å². The van der Waals surface area contributed by atoms with Gasteiger partial charge in [0.05, 0.1) is 0 Å². The summed E-state index contributed by atoms with van der Waals surface area (Å²) < 4.78 is 5.05. The molecule has 0 saturated carbocycles. The number of nitrogens with zero attached hydrogens (tertiary/aromatic N) is 2. The first-order chi connectivity index (χ1) is 7.79. The number of aliphatic hydroxyl groups is 1. The average Bonchev–Trinajstić information content (AvgIpc) is 2.29. The molecule has 16 heavy (non-hydrogen) atoms. The van der Waals surface area contributed by atoms with Crippen molar-refractivity contribution in [2.45, 2.75) is 19.6 Å². The van der Waals surface area contributed by atoms with Crippen molar-refractivity contribution >= 4 is 11.0 Å². The van der Waals surface area contributed by atoms with Crippen molar-refractivity contribution in [2.24, 2.45) is 0 Å². The van der Waals surface area contributed by atoms with Crippen LogP contribution < -0.4 is 0 Å². The predicted octanol–water partition coefficient (Wildman–Crippen LogP) is 1.53. The van der Waals surface area contributed by atoms with Crippen LogP contribution in [0.4, 0.5) is 0 Å². The summed E-state index contributed by atoms with van der Waals surface area (Å²) in [5, 5.41) is 10.5. The fourth-order valence-electron chi connectivity index (χ4n) is 1.54. The first-order valence-electron chi connectivity index (χ1n) is 5.30. The van der Waals surface area contributed by atoms with Gasteiger partial charge >= 0.3 is 0 Å². The molecule has 0 aliphatic rings. The first kappa shape index (κ1) is 11.0. The summed E-state index contributed by atoms with van der Waals surface area (Å²) in [6, 6.07) is 7.66. The topological polar surface area (TPSA) is 55.2 Å². The van der Waals surface area contributed by atoms with E-state index in [0.717, 1.165) is 11.1 Å². The van der Waals surface area contributed by atoms with Gasteiger partial charge in [-0.05, 0) is 31.2 Å². The Balaban J connectivity index is 2.19. The van der Waals surface area contributed by atoms with E-state index in [1.807, 2.05) is 31.2 Å². The number of aromatic nitrogens is 2. The minimum Gasteiger partial charge on any atom is -0.368 e. The normalized spacial score (nSPS) is 12.9. The molecule has 0 aliphatic heterocycles. The summed E-state index contributed by atoms with van der Waals surface area (Å²) in [6.45, 7) is 2.34. The standard InChI is InChI=1S/C12H14N2O2/c1-2-16-11(15)8-10-6-5-9-4-3-7-13-12(9)14-10/h3-7,11,15H,2,8H2,1H3. The van der Waals surface area contributed by atoms with Crippen molar-refractivity contribution in [3.8, 4) is 0 Å². The number of hydrogen-bond donors (Lipinski definition) is 1. The summed E-state index contributed by atoms with van der Waals surface area (Å²) in [6.07, 6.45) is 1.30. The number of aliphatic hydroxyl groups excluding tert-OH is 1. The minimum atomic E-state index is -0.793. The molecular weight excluding hydrogens is 204 g/mol. The largest absolute Gasteiger partial charge is 0.368 e. The lowest BCUT2D eigenvalue weighted by atomic mass is 10.2. The van der Waals surface area contributed by atoms with Crippen LogP contribution >= 0.6 is 0 Å². The van der Waals surface area contributed by atoms with Crippen molar-refractivity contribution < 1.29 is 9.84 Å². The maximum Gasteiger partial charge on any atom is 0.160 e. The summed E-state index contributed by atoms with van der Waals surface area (Å²) in [4.78, 5) is 8.51. The van der Waals surface area contributed by atoms with Crippen LogP contribution in [0.2, 0.25) is 0 Å². The van der Waals surface area contributed by atoms with Crippen molar-refractivity contribution in [3.05, 3.63) is 36.2 Å². The lowest BCUT2D eigenvalue weighted by Gasteiger charge is -2.09. The van der Waals surface area contributed by atoms with Gasteiger partial charge in [0, 0.05) is 30.3 Å². The van der Waals surface area contributed by atoms with Gasteiger partial charge in [-0.3, -0.25) is 0 Å². The number of rotatable bonds is 4. The third kappa shape index (κ3) is 2.53. The molecule has 2 aromatic heterocycles. The Morgan fingerprint density at radius 3 is 3.06 bits per heavy atom. The molecule has 0 amide bonds. The van der Waals surface area contributed by atoms with Crippen LogP contribution in [-0.4, -0.2) is 28.0 Å². The summed E-state index contributed by atoms with van der Waals surface area (Å²) in [5.74, 6) is 0. The number of fused-ring (bicyclic) bond motifs is 1. The zero-order chi connectivity index (χ0) is 11.4. The average molecular weight is 218 g/mol. The van der Waals surface area contributed by atoms with E-state index in [2.05, 4.69) is 9.97 Å². The van der Waals surface area contributed by atoms with Crippen molar-refractivity contribution in [3.63, 3.8) is 0 Å². The zero-order valence-electron chi connectivity index (χ0n) is 9.13. The van der Waals surface area contributed by atoms with Gasteiger partial charge in [0.25, 0.3) is 0 Å². The van der Waals surface area contributed by atoms with Crippen LogP contribution in [0, 0.1) is 0 Å². The molecule has 4 nitrogen and oxygen atoms in total. The van der Waals surface area contributed by atoms with Gasteiger partial charge in [-0.1, -0.05) is 0 Å². The highest BCUT2D eigenvalue weighted by Crippen LogP contribution is 2.10. The molecule has 84 valence electrons. The number of hydrogen-bond acceptors (Lipinski definition) is 4. The Labute approximate surface area is 93.9 Å². The monoisotopic (exact) mass is 218 g/mol. The summed E-state index contributed by atoms with van der Waals surface area (Å²) >= 11 is 0. The predicted molar refractivity (Wildman–Crippen MR) is 60.9 cm³/mol. The van der Waals surface area contributed by atoms with E-state index in [-0.39, 0.29) is 0 Å². The second-order valence-electron chi connectivity index (χ2n) is 3.47. The van der Waals surface area contributed by atoms with Gasteiger partial charge < -0.3 is 9.84 Å². The van der Waals surface area contributed by atoms with E-state index in [1.54, 1.807) is 6.20 Å². The summed E-state index contributed by atoms with van der Waals surface area (Å²) in [7, 11) is 0. The highest BCUT2D eigenvalue weighted by molar-refractivity contribution is 5.74. The van der Waals surface area contributed by atoms with Crippen molar-refractivity contribution in [1.29, 1.82) is 0 Å². The molecular formula is C12H14N2O2. The molecule has 1 unspecified atom stereocenters. The van der Waals surface area contributed by atoms with E-state index in [9.17, 15) is 5.11 Å². The Morgan fingerprint density at radius 2 is 2.25 bits per heavy atom. The van der Waals surface area contributed by atoms with Gasteiger partial charge in [-0.25, -0.2) is 9.97 Å². The highest BCUT2D eigenvalue weighted by Gasteiger charge is 2.06. The molecule has 0 radical (unpaired) electrons. The van der Waals surface area contributed by atoms with Gasteiger partial charge in [0.15, 0.2) is 11.9 Å².